The molecule has 110 valence electrons. The number of rotatable bonds is 5. The molecule has 2 rings (SSSR count). The molecule has 0 aliphatic heterocycles. The maximum Gasteiger partial charge on any atom is 0.170 e. The van der Waals surface area contributed by atoms with Crippen LogP contribution in [0.1, 0.15) is 22.3 Å². The molecule has 4 N–H and O–H groups in total. The molecule has 0 fully saturated rings. The van der Waals surface area contributed by atoms with Crippen molar-refractivity contribution >= 4 is 21.8 Å². The quantitative estimate of drug-likeness (QED) is 0.336. The Balaban J connectivity index is 1.97. The summed E-state index contributed by atoms with van der Waals surface area (Å²) >= 11 is 3.47. The highest BCUT2D eigenvalue weighted by Gasteiger charge is 2.03. The zero-order valence-electron chi connectivity index (χ0n) is 11.8. The number of benzene rings is 2. The van der Waals surface area contributed by atoms with Gasteiger partial charge in [-0.05, 0) is 41.8 Å². The smallest absolute Gasteiger partial charge is 0.170 e. The lowest BCUT2D eigenvalue weighted by Gasteiger charge is -2.10. The van der Waals surface area contributed by atoms with Crippen molar-refractivity contribution < 1.29 is 5.21 Å². The highest BCUT2D eigenvalue weighted by Crippen LogP contribution is 2.13. The van der Waals surface area contributed by atoms with Crippen LogP contribution >= 0.6 is 15.9 Å². The Morgan fingerprint density at radius 3 is 2.71 bits per heavy atom. The van der Waals surface area contributed by atoms with E-state index in [1.165, 1.54) is 11.1 Å². The van der Waals surface area contributed by atoms with Crippen LogP contribution in [-0.2, 0) is 13.1 Å². The maximum atomic E-state index is 8.69. The van der Waals surface area contributed by atoms with Crippen LogP contribution in [0.2, 0.25) is 0 Å². The molecule has 2 aromatic rings. The van der Waals surface area contributed by atoms with Crippen LogP contribution in [0, 0.1) is 6.92 Å². The molecular weight excluding hydrogens is 330 g/mol. The number of oxime groups is 1. The third kappa shape index (κ3) is 4.31. The molecule has 21 heavy (non-hydrogen) atoms. The molecule has 5 heteroatoms. The first-order valence-electron chi connectivity index (χ1n) is 6.62. The van der Waals surface area contributed by atoms with Crippen molar-refractivity contribution in [2.24, 2.45) is 10.9 Å². The summed E-state index contributed by atoms with van der Waals surface area (Å²) in [4.78, 5) is 0. The summed E-state index contributed by atoms with van der Waals surface area (Å²) in [5, 5.41) is 15.1. The van der Waals surface area contributed by atoms with Crippen LogP contribution in [0.3, 0.4) is 0 Å². The van der Waals surface area contributed by atoms with E-state index < -0.39 is 0 Å². The molecule has 4 nitrogen and oxygen atoms in total. The van der Waals surface area contributed by atoms with E-state index in [-0.39, 0.29) is 5.84 Å². The van der Waals surface area contributed by atoms with Gasteiger partial charge in [-0.15, -0.1) is 0 Å². The molecule has 0 aliphatic carbocycles. The van der Waals surface area contributed by atoms with Crippen molar-refractivity contribution in [3.63, 3.8) is 0 Å². The molecule has 2 aromatic carbocycles. The Kier molecular flexibility index (Phi) is 5.36. The van der Waals surface area contributed by atoms with Crippen molar-refractivity contribution in [2.75, 3.05) is 0 Å². The number of nitrogens with two attached hydrogens (primary N) is 1. The largest absolute Gasteiger partial charge is 0.409 e. The summed E-state index contributed by atoms with van der Waals surface area (Å²) in [5.74, 6) is 0.131. The molecule has 0 saturated carbocycles. The van der Waals surface area contributed by atoms with Crippen molar-refractivity contribution in [2.45, 2.75) is 20.0 Å². The lowest BCUT2D eigenvalue weighted by atomic mass is 10.0. The summed E-state index contributed by atoms with van der Waals surface area (Å²) in [6.45, 7) is 3.60. The van der Waals surface area contributed by atoms with Gasteiger partial charge in [-0.3, -0.25) is 0 Å². The minimum Gasteiger partial charge on any atom is -0.409 e. The van der Waals surface area contributed by atoms with Gasteiger partial charge in [0.15, 0.2) is 5.84 Å². The van der Waals surface area contributed by atoms with E-state index in [4.69, 9.17) is 10.9 Å². The fourth-order valence-electron chi connectivity index (χ4n) is 2.10. The van der Waals surface area contributed by atoms with Gasteiger partial charge in [0.05, 0.1) is 0 Å². The van der Waals surface area contributed by atoms with Gasteiger partial charge in [-0.2, -0.15) is 0 Å². The molecule has 0 bridgehead atoms. The normalized spacial score (nSPS) is 11.6. The number of hydrogen-bond acceptors (Lipinski definition) is 3. The standard InChI is InChI=1S/C16H18BrN3O/c1-11-7-13(16(18)20-21)5-6-14(11)10-19-9-12-3-2-4-15(17)8-12/h2-8,19,21H,9-10H2,1H3,(H2,18,20). The monoisotopic (exact) mass is 347 g/mol. The summed E-state index contributed by atoms with van der Waals surface area (Å²) in [7, 11) is 0. The van der Waals surface area contributed by atoms with Gasteiger partial charge in [-0.1, -0.05) is 45.4 Å². The molecule has 0 amide bonds. The number of hydrogen-bond donors (Lipinski definition) is 3. The minimum atomic E-state index is 0.131. The van der Waals surface area contributed by atoms with Crippen LogP contribution in [0.5, 0.6) is 0 Å². The third-order valence-electron chi connectivity index (χ3n) is 3.28. The second kappa shape index (κ2) is 7.24. The van der Waals surface area contributed by atoms with Crippen LogP contribution in [0.25, 0.3) is 0 Å². The average Bonchev–Trinajstić information content (AvgIpc) is 2.48. The predicted octanol–water partition coefficient (Wildman–Crippen LogP) is 3.14. The number of amidine groups is 1. The molecule has 0 radical (unpaired) electrons. The third-order valence-corrected chi connectivity index (χ3v) is 3.77. The van der Waals surface area contributed by atoms with Crippen molar-refractivity contribution in [1.29, 1.82) is 0 Å². The predicted molar refractivity (Wildman–Crippen MR) is 88.4 cm³/mol. The molecule has 0 aliphatic rings. The zero-order valence-corrected chi connectivity index (χ0v) is 13.4. The molecule has 0 saturated heterocycles. The lowest BCUT2D eigenvalue weighted by molar-refractivity contribution is 0.318. The fourth-order valence-corrected chi connectivity index (χ4v) is 2.55. The molecule has 0 aromatic heterocycles. The minimum absolute atomic E-state index is 0.131. The number of nitrogens with zero attached hydrogens (tertiary/aromatic N) is 1. The summed E-state index contributed by atoms with van der Waals surface area (Å²) in [6.07, 6.45) is 0. The van der Waals surface area contributed by atoms with E-state index in [0.717, 1.165) is 28.7 Å². The molecule has 0 unspecified atom stereocenters. The topological polar surface area (TPSA) is 70.6 Å². The fraction of sp³-hybridized carbons (Fsp3) is 0.188. The molecule has 0 heterocycles. The van der Waals surface area contributed by atoms with Gasteiger partial charge in [0.1, 0.15) is 0 Å². The van der Waals surface area contributed by atoms with E-state index >= 15 is 0 Å². The Hall–Kier alpha value is -1.85. The highest BCUT2D eigenvalue weighted by atomic mass is 79.9. The van der Waals surface area contributed by atoms with Crippen LogP contribution in [0.15, 0.2) is 52.1 Å². The van der Waals surface area contributed by atoms with E-state index in [1.54, 1.807) is 0 Å². The molecule has 0 atom stereocenters. The Labute approximate surface area is 132 Å². The average molecular weight is 348 g/mol. The first kappa shape index (κ1) is 15.5. The van der Waals surface area contributed by atoms with Crippen molar-refractivity contribution in [1.82, 2.24) is 5.32 Å². The second-order valence-corrected chi connectivity index (χ2v) is 5.78. The van der Waals surface area contributed by atoms with E-state index in [9.17, 15) is 0 Å². The first-order valence-corrected chi connectivity index (χ1v) is 7.42. The summed E-state index contributed by atoms with van der Waals surface area (Å²) in [6, 6.07) is 14.0. The number of aryl methyl sites for hydroxylation is 1. The first-order chi connectivity index (χ1) is 10.1. The number of halogens is 1. The maximum absolute atomic E-state index is 8.69. The second-order valence-electron chi connectivity index (χ2n) is 4.86. The SMILES string of the molecule is Cc1cc(/C(N)=N/O)ccc1CNCc1cccc(Br)c1. The Bertz CT molecular complexity index is 656. The molecule has 0 spiro atoms. The Morgan fingerprint density at radius 1 is 1.24 bits per heavy atom. The van der Waals surface area contributed by atoms with Crippen molar-refractivity contribution in [3.8, 4) is 0 Å². The Morgan fingerprint density at radius 2 is 2.05 bits per heavy atom. The van der Waals surface area contributed by atoms with E-state index in [0.29, 0.717) is 0 Å². The van der Waals surface area contributed by atoms with Gasteiger partial charge >= 0.3 is 0 Å². The molecular formula is C16H18BrN3O. The van der Waals surface area contributed by atoms with Gasteiger partial charge in [0, 0.05) is 23.1 Å². The lowest BCUT2D eigenvalue weighted by Crippen LogP contribution is -2.16. The van der Waals surface area contributed by atoms with E-state index in [1.807, 2.05) is 37.3 Å². The van der Waals surface area contributed by atoms with Crippen LogP contribution < -0.4 is 11.1 Å². The van der Waals surface area contributed by atoms with E-state index in [2.05, 4.69) is 38.5 Å². The summed E-state index contributed by atoms with van der Waals surface area (Å²) in [5.41, 5.74) is 9.85. The van der Waals surface area contributed by atoms with Crippen LogP contribution in [0.4, 0.5) is 0 Å². The highest BCUT2D eigenvalue weighted by molar-refractivity contribution is 9.10. The van der Waals surface area contributed by atoms with Crippen molar-refractivity contribution in [3.05, 3.63) is 69.2 Å². The zero-order chi connectivity index (χ0) is 15.2. The summed E-state index contributed by atoms with van der Waals surface area (Å²) < 4.78 is 1.08. The number of nitrogens with one attached hydrogen (secondary N) is 1. The van der Waals surface area contributed by atoms with Gasteiger partial charge < -0.3 is 16.3 Å². The van der Waals surface area contributed by atoms with Gasteiger partial charge in [0.2, 0.25) is 0 Å². The van der Waals surface area contributed by atoms with Crippen LogP contribution in [-0.4, -0.2) is 11.0 Å². The van der Waals surface area contributed by atoms with Gasteiger partial charge in [-0.25, -0.2) is 0 Å². The van der Waals surface area contributed by atoms with Gasteiger partial charge in [0.25, 0.3) is 0 Å².